The van der Waals surface area contributed by atoms with Crippen molar-refractivity contribution in [2.45, 2.75) is 26.3 Å². The zero-order valence-electron chi connectivity index (χ0n) is 15.8. The number of unbranched alkanes of at least 4 members (excludes halogenated alkanes) is 1. The molecule has 2 rings (SSSR count). The van der Waals surface area contributed by atoms with Gasteiger partial charge >= 0.3 is 5.97 Å². The Kier molecular flexibility index (Phi) is 8.16. The van der Waals surface area contributed by atoms with Crippen molar-refractivity contribution in [2.24, 2.45) is 0 Å². The maximum absolute atomic E-state index is 12.0. The van der Waals surface area contributed by atoms with E-state index in [2.05, 4.69) is 10.6 Å². The van der Waals surface area contributed by atoms with E-state index >= 15 is 0 Å². The molecule has 6 nitrogen and oxygen atoms in total. The smallest absolute Gasteiger partial charge is 0.338 e. The number of carbonyl (C=O) groups excluding carboxylic acids is 2. The van der Waals surface area contributed by atoms with Gasteiger partial charge in [-0.2, -0.15) is 0 Å². The average Bonchev–Trinajstić information content (AvgIpc) is 2.71. The monoisotopic (exact) mass is 370 g/mol. The second-order valence-electron chi connectivity index (χ2n) is 6.05. The molecule has 1 amide bonds. The molecule has 0 saturated carbocycles. The largest absolute Gasteiger partial charge is 0.497 e. The molecule has 144 valence electrons. The molecular weight excluding hydrogens is 344 g/mol. The van der Waals surface area contributed by atoms with E-state index in [0.717, 1.165) is 29.8 Å². The van der Waals surface area contributed by atoms with Gasteiger partial charge in [0.2, 0.25) is 5.91 Å². The lowest BCUT2D eigenvalue weighted by Gasteiger charge is -2.09. The zero-order valence-corrected chi connectivity index (χ0v) is 15.8. The van der Waals surface area contributed by atoms with Gasteiger partial charge in [0.15, 0.2) is 0 Å². The van der Waals surface area contributed by atoms with Crippen LogP contribution in [-0.4, -0.2) is 32.1 Å². The van der Waals surface area contributed by atoms with E-state index in [1.54, 1.807) is 31.4 Å². The first-order valence-electron chi connectivity index (χ1n) is 9.03. The van der Waals surface area contributed by atoms with Crippen LogP contribution in [-0.2, 0) is 16.1 Å². The molecule has 0 atom stereocenters. The van der Waals surface area contributed by atoms with Crippen LogP contribution in [0.25, 0.3) is 0 Å². The molecule has 0 heterocycles. The summed E-state index contributed by atoms with van der Waals surface area (Å²) >= 11 is 0. The van der Waals surface area contributed by atoms with Crippen LogP contribution < -0.4 is 15.4 Å². The molecule has 2 aromatic carbocycles. The molecule has 0 aliphatic carbocycles. The topological polar surface area (TPSA) is 76.7 Å². The van der Waals surface area contributed by atoms with Crippen molar-refractivity contribution in [2.75, 3.05) is 25.6 Å². The van der Waals surface area contributed by atoms with Crippen LogP contribution in [0.3, 0.4) is 0 Å². The van der Waals surface area contributed by atoms with Crippen LogP contribution in [0.5, 0.6) is 5.75 Å². The van der Waals surface area contributed by atoms with E-state index in [4.69, 9.17) is 9.47 Å². The molecule has 0 aliphatic heterocycles. The van der Waals surface area contributed by atoms with Crippen molar-refractivity contribution in [1.82, 2.24) is 5.32 Å². The molecule has 0 fully saturated rings. The van der Waals surface area contributed by atoms with Crippen molar-refractivity contribution >= 4 is 17.6 Å². The van der Waals surface area contributed by atoms with E-state index in [1.807, 2.05) is 31.2 Å². The van der Waals surface area contributed by atoms with Gasteiger partial charge in [-0.15, -0.1) is 0 Å². The lowest BCUT2D eigenvalue weighted by Crippen LogP contribution is -2.29. The second-order valence-corrected chi connectivity index (χ2v) is 6.05. The van der Waals surface area contributed by atoms with Gasteiger partial charge in [-0.3, -0.25) is 4.79 Å². The highest BCUT2D eigenvalue weighted by atomic mass is 16.5. The highest BCUT2D eigenvalue weighted by molar-refractivity contribution is 5.90. The number of hydrogen-bond acceptors (Lipinski definition) is 5. The van der Waals surface area contributed by atoms with Gasteiger partial charge in [-0.25, -0.2) is 4.79 Å². The SMILES string of the molecule is CCCCOC(=O)c1ccc(NCC(=O)NCc2ccc(OC)cc2)cc1. The highest BCUT2D eigenvalue weighted by Gasteiger charge is 2.07. The molecule has 0 aromatic heterocycles. The number of rotatable bonds is 10. The second kappa shape index (κ2) is 10.9. The van der Waals surface area contributed by atoms with Crippen LogP contribution in [0.1, 0.15) is 35.7 Å². The maximum Gasteiger partial charge on any atom is 0.338 e. The summed E-state index contributed by atoms with van der Waals surface area (Å²) in [4.78, 5) is 23.8. The molecule has 2 aromatic rings. The molecule has 0 saturated heterocycles. The summed E-state index contributed by atoms with van der Waals surface area (Å²) in [6, 6.07) is 14.4. The third kappa shape index (κ3) is 7.01. The predicted molar refractivity (Wildman–Crippen MR) is 105 cm³/mol. The molecule has 2 N–H and O–H groups in total. The number of ether oxygens (including phenoxy) is 2. The lowest BCUT2D eigenvalue weighted by molar-refractivity contribution is -0.119. The van der Waals surface area contributed by atoms with Crippen molar-refractivity contribution in [3.8, 4) is 5.75 Å². The third-order valence-corrected chi connectivity index (χ3v) is 3.95. The van der Waals surface area contributed by atoms with Crippen LogP contribution in [0.4, 0.5) is 5.69 Å². The van der Waals surface area contributed by atoms with Crippen molar-refractivity contribution < 1.29 is 19.1 Å². The highest BCUT2D eigenvalue weighted by Crippen LogP contribution is 2.12. The minimum atomic E-state index is -0.327. The Bertz CT molecular complexity index is 727. The average molecular weight is 370 g/mol. The quantitative estimate of drug-likeness (QED) is 0.495. The van der Waals surface area contributed by atoms with Crippen LogP contribution in [0.15, 0.2) is 48.5 Å². The van der Waals surface area contributed by atoms with Gasteiger partial charge in [0.1, 0.15) is 5.75 Å². The predicted octanol–water partition coefficient (Wildman–Crippen LogP) is 3.38. The first kappa shape index (κ1) is 20.3. The van der Waals surface area contributed by atoms with E-state index in [0.29, 0.717) is 18.7 Å². The lowest BCUT2D eigenvalue weighted by atomic mass is 10.2. The fourth-order valence-electron chi connectivity index (χ4n) is 2.31. The number of amides is 1. The van der Waals surface area contributed by atoms with E-state index in [-0.39, 0.29) is 18.4 Å². The Morgan fingerprint density at radius 3 is 2.33 bits per heavy atom. The minimum Gasteiger partial charge on any atom is -0.497 e. The summed E-state index contributed by atoms with van der Waals surface area (Å²) in [5, 5.41) is 5.88. The van der Waals surface area contributed by atoms with Gasteiger partial charge in [0, 0.05) is 12.2 Å². The van der Waals surface area contributed by atoms with Gasteiger partial charge in [-0.05, 0) is 48.4 Å². The summed E-state index contributed by atoms with van der Waals surface area (Å²) in [5.41, 5.74) is 2.26. The normalized spacial score (nSPS) is 10.1. The van der Waals surface area contributed by atoms with E-state index in [1.165, 1.54) is 0 Å². The Hall–Kier alpha value is -3.02. The molecule has 0 radical (unpaired) electrons. The fraction of sp³-hybridized carbons (Fsp3) is 0.333. The molecule has 27 heavy (non-hydrogen) atoms. The van der Waals surface area contributed by atoms with Gasteiger partial charge in [0.25, 0.3) is 0 Å². The van der Waals surface area contributed by atoms with Crippen LogP contribution in [0, 0.1) is 0 Å². The fourth-order valence-corrected chi connectivity index (χ4v) is 2.31. The van der Waals surface area contributed by atoms with E-state index < -0.39 is 0 Å². The summed E-state index contributed by atoms with van der Waals surface area (Å²) in [6.07, 6.45) is 1.84. The molecule has 0 aliphatic rings. The van der Waals surface area contributed by atoms with Crippen molar-refractivity contribution in [1.29, 1.82) is 0 Å². The standard InChI is InChI=1S/C21H26N2O4/c1-3-4-13-27-21(25)17-7-9-18(10-8-17)22-15-20(24)23-14-16-5-11-19(26-2)12-6-16/h5-12,22H,3-4,13-15H2,1-2H3,(H,23,24). The van der Waals surface area contributed by atoms with E-state index in [9.17, 15) is 9.59 Å². The third-order valence-electron chi connectivity index (χ3n) is 3.95. The maximum atomic E-state index is 12.0. The Morgan fingerprint density at radius 2 is 1.70 bits per heavy atom. The number of benzene rings is 2. The molecule has 0 bridgehead atoms. The Labute approximate surface area is 159 Å². The van der Waals surface area contributed by atoms with Gasteiger partial charge < -0.3 is 20.1 Å². The first-order chi connectivity index (χ1) is 13.1. The number of carbonyl (C=O) groups is 2. The zero-order chi connectivity index (χ0) is 19.5. The number of nitrogens with one attached hydrogen (secondary N) is 2. The first-order valence-corrected chi connectivity index (χ1v) is 9.03. The summed E-state index contributed by atoms with van der Waals surface area (Å²) in [6.45, 7) is 3.08. The van der Waals surface area contributed by atoms with Crippen molar-refractivity contribution in [3.63, 3.8) is 0 Å². The molecular formula is C21H26N2O4. The Balaban J connectivity index is 1.73. The number of esters is 1. The molecule has 6 heteroatoms. The van der Waals surface area contributed by atoms with Crippen LogP contribution in [0.2, 0.25) is 0 Å². The van der Waals surface area contributed by atoms with Gasteiger partial charge in [-0.1, -0.05) is 25.5 Å². The number of hydrogen-bond donors (Lipinski definition) is 2. The summed E-state index contributed by atoms with van der Waals surface area (Å²) in [5.74, 6) is 0.338. The molecule has 0 unspecified atom stereocenters. The molecule has 0 spiro atoms. The minimum absolute atomic E-state index is 0.117. The van der Waals surface area contributed by atoms with Gasteiger partial charge in [0.05, 0.1) is 25.8 Å². The number of methoxy groups -OCH3 is 1. The summed E-state index contributed by atoms with van der Waals surface area (Å²) in [7, 11) is 1.62. The van der Waals surface area contributed by atoms with Crippen molar-refractivity contribution in [3.05, 3.63) is 59.7 Å². The summed E-state index contributed by atoms with van der Waals surface area (Å²) < 4.78 is 10.3. The Morgan fingerprint density at radius 1 is 1.00 bits per heavy atom. The number of anilines is 1. The van der Waals surface area contributed by atoms with Crippen LogP contribution >= 0.6 is 0 Å².